The molecule has 0 radical (unpaired) electrons. The lowest BCUT2D eigenvalue weighted by Gasteiger charge is -2.24. The van der Waals surface area contributed by atoms with Crippen LogP contribution >= 0.6 is 0 Å². The van der Waals surface area contributed by atoms with Gasteiger partial charge in [0.25, 0.3) is 0 Å². The zero-order chi connectivity index (χ0) is 14.3. The number of methoxy groups -OCH3 is 2. The fourth-order valence-corrected chi connectivity index (χ4v) is 1.83. The summed E-state index contributed by atoms with van der Waals surface area (Å²) in [5, 5.41) is 3.12. The van der Waals surface area contributed by atoms with Crippen LogP contribution in [0.5, 0.6) is 5.75 Å². The van der Waals surface area contributed by atoms with Gasteiger partial charge in [-0.2, -0.15) is 0 Å². The molecule has 0 aliphatic carbocycles. The van der Waals surface area contributed by atoms with Crippen LogP contribution in [0.25, 0.3) is 0 Å². The highest BCUT2D eigenvalue weighted by molar-refractivity contribution is 5.76. The Morgan fingerprint density at radius 1 is 1.32 bits per heavy atom. The van der Waals surface area contributed by atoms with Crippen LogP contribution in [0.3, 0.4) is 0 Å². The van der Waals surface area contributed by atoms with E-state index in [1.165, 1.54) is 7.11 Å². The summed E-state index contributed by atoms with van der Waals surface area (Å²) in [5.41, 5.74) is 1.02. The fourth-order valence-electron chi connectivity index (χ4n) is 1.83. The quantitative estimate of drug-likeness (QED) is 0.754. The minimum atomic E-state index is -0.331. The largest absolute Gasteiger partial charge is 0.497 e. The highest BCUT2D eigenvalue weighted by Gasteiger charge is 2.19. The van der Waals surface area contributed by atoms with Crippen LogP contribution < -0.4 is 15.0 Å². The van der Waals surface area contributed by atoms with Gasteiger partial charge in [-0.25, -0.2) is 0 Å². The van der Waals surface area contributed by atoms with Crippen LogP contribution in [0, 0.1) is 0 Å². The Balaban J connectivity index is 2.69. The third kappa shape index (κ3) is 4.44. The minimum Gasteiger partial charge on any atom is -0.497 e. The lowest BCUT2D eigenvalue weighted by Crippen LogP contribution is -2.45. The van der Waals surface area contributed by atoms with Gasteiger partial charge < -0.3 is 19.7 Å². The van der Waals surface area contributed by atoms with Crippen molar-refractivity contribution < 1.29 is 14.3 Å². The number of carbonyl (C=O) groups excluding carboxylic acids is 1. The van der Waals surface area contributed by atoms with Crippen molar-refractivity contribution in [2.75, 3.05) is 39.3 Å². The molecule has 0 spiro atoms. The van der Waals surface area contributed by atoms with E-state index in [0.29, 0.717) is 6.54 Å². The molecule has 1 unspecified atom stereocenters. The Labute approximate surface area is 114 Å². The van der Waals surface area contributed by atoms with E-state index in [-0.39, 0.29) is 12.0 Å². The summed E-state index contributed by atoms with van der Waals surface area (Å²) >= 11 is 0. The van der Waals surface area contributed by atoms with Crippen molar-refractivity contribution in [1.29, 1.82) is 0 Å². The van der Waals surface area contributed by atoms with Crippen LogP contribution in [0.4, 0.5) is 5.69 Å². The molecule has 5 heteroatoms. The number of carbonyl (C=O) groups is 1. The van der Waals surface area contributed by atoms with E-state index >= 15 is 0 Å². The molecule has 0 saturated heterocycles. The van der Waals surface area contributed by atoms with Gasteiger partial charge in [0.05, 0.1) is 14.2 Å². The third-order valence-corrected chi connectivity index (χ3v) is 2.91. The molecule has 106 valence electrons. The molecule has 1 atom stereocenters. The van der Waals surface area contributed by atoms with Crippen LogP contribution in [0.2, 0.25) is 0 Å². The molecular formula is C14H22N2O3. The summed E-state index contributed by atoms with van der Waals surface area (Å²) in [6, 6.07) is 7.37. The number of anilines is 1. The maximum Gasteiger partial charge on any atom is 0.324 e. The molecule has 1 aromatic carbocycles. The van der Waals surface area contributed by atoms with Gasteiger partial charge in [0.2, 0.25) is 0 Å². The van der Waals surface area contributed by atoms with Gasteiger partial charge in [-0.3, -0.25) is 4.79 Å². The van der Waals surface area contributed by atoms with E-state index < -0.39 is 0 Å². The average Bonchev–Trinajstić information content (AvgIpc) is 2.46. The molecule has 0 aliphatic heterocycles. The number of rotatable bonds is 7. The van der Waals surface area contributed by atoms with Crippen molar-refractivity contribution >= 4 is 11.7 Å². The van der Waals surface area contributed by atoms with Crippen molar-refractivity contribution in [3.8, 4) is 5.75 Å². The van der Waals surface area contributed by atoms with Gasteiger partial charge in [0.1, 0.15) is 11.8 Å². The first-order valence-electron chi connectivity index (χ1n) is 6.28. The van der Waals surface area contributed by atoms with E-state index in [4.69, 9.17) is 9.47 Å². The normalized spacial score (nSPS) is 11.8. The Morgan fingerprint density at radius 2 is 1.95 bits per heavy atom. The number of benzene rings is 1. The van der Waals surface area contributed by atoms with Crippen molar-refractivity contribution in [2.24, 2.45) is 0 Å². The molecule has 0 fully saturated rings. The van der Waals surface area contributed by atoms with Gasteiger partial charge in [-0.05, 0) is 30.8 Å². The summed E-state index contributed by atoms with van der Waals surface area (Å²) in [5.74, 6) is 0.565. The van der Waals surface area contributed by atoms with E-state index in [9.17, 15) is 4.79 Å². The predicted octanol–water partition coefficient (Wildman–Crippen LogP) is 1.28. The highest BCUT2D eigenvalue weighted by atomic mass is 16.5. The van der Waals surface area contributed by atoms with Gasteiger partial charge >= 0.3 is 5.97 Å². The monoisotopic (exact) mass is 266 g/mol. The topological polar surface area (TPSA) is 50.8 Å². The predicted molar refractivity (Wildman–Crippen MR) is 75.7 cm³/mol. The van der Waals surface area contributed by atoms with Crippen molar-refractivity contribution in [2.45, 2.75) is 13.0 Å². The zero-order valence-corrected chi connectivity index (χ0v) is 12.0. The number of hydrogen-bond acceptors (Lipinski definition) is 5. The summed E-state index contributed by atoms with van der Waals surface area (Å²) in [7, 11) is 4.98. The van der Waals surface area contributed by atoms with E-state index in [1.807, 2.05) is 43.1 Å². The average molecular weight is 266 g/mol. The summed E-state index contributed by atoms with van der Waals surface area (Å²) in [6.07, 6.45) is 0. The maximum absolute atomic E-state index is 11.6. The number of nitrogens with one attached hydrogen (secondary N) is 1. The lowest BCUT2D eigenvalue weighted by atomic mass is 10.2. The third-order valence-electron chi connectivity index (χ3n) is 2.91. The molecular weight excluding hydrogens is 244 g/mol. The van der Waals surface area contributed by atoms with Crippen molar-refractivity contribution in [1.82, 2.24) is 5.32 Å². The molecule has 0 heterocycles. The summed E-state index contributed by atoms with van der Waals surface area (Å²) < 4.78 is 9.91. The number of esters is 1. The van der Waals surface area contributed by atoms with Crippen LogP contribution in [-0.4, -0.2) is 46.4 Å². The molecule has 0 aliphatic rings. The molecule has 0 saturated carbocycles. The standard InChI is InChI=1S/C14H22N2O3/c1-5-15-13(14(17)19-4)10-16(2)11-6-8-12(18-3)9-7-11/h6-9,13,15H,5,10H2,1-4H3. The van der Waals surface area contributed by atoms with E-state index in [1.54, 1.807) is 7.11 Å². The highest BCUT2D eigenvalue weighted by Crippen LogP contribution is 2.18. The number of nitrogens with zero attached hydrogens (tertiary/aromatic N) is 1. The number of ether oxygens (including phenoxy) is 2. The Morgan fingerprint density at radius 3 is 2.42 bits per heavy atom. The Hall–Kier alpha value is -1.75. The second-order valence-corrected chi connectivity index (χ2v) is 4.21. The summed E-state index contributed by atoms with van der Waals surface area (Å²) in [6.45, 7) is 3.23. The van der Waals surface area contributed by atoms with Gasteiger partial charge in [-0.1, -0.05) is 6.92 Å². The molecule has 0 bridgehead atoms. The van der Waals surface area contributed by atoms with Crippen LogP contribution in [0.1, 0.15) is 6.92 Å². The molecule has 0 amide bonds. The SMILES string of the molecule is CCNC(CN(C)c1ccc(OC)cc1)C(=O)OC. The van der Waals surface area contributed by atoms with Gasteiger partial charge in [0, 0.05) is 19.3 Å². The minimum absolute atomic E-state index is 0.248. The maximum atomic E-state index is 11.6. The second-order valence-electron chi connectivity index (χ2n) is 4.21. The molecule has 1 aromatic rings. The molecule has 19 heavy (non-hydrogen) atoms. The molecule has 1 N–H and O–H groups in total. The fraction of sp³-hybridized carbons (Fsp3) is 0.500. The van der Waals surface area contributed by atoms with E-state index in [2.05, 4.69) is 5.32 Å². The van der Waals surface area contributed by atoms with Gasteiger partial charge in [0.15, 0.2) is 0 Å². The smallest absolute Gasteiger partial charge is 0.324 e. The first-order valence-corrected chi connectivity index (χ1v) is 6.28. The molecule has 0 aromatic heterocycles. The second kappa shape index (κ2) is 7.63. The van der Waals surface area contributed by atoms with Crippen molar-refractivity contribution in [3.05, 3.63) is 24.3 Å². The number of likely N-dealkylation sites (N-methyl/N-ethyl adjacent to an activating group) is 2. The summed E-state index contributed by atoms with van der Waals surface area (Å²) in [4.78, 5) is 13.6. The Bertz CT molecular complexity index is 392. The zero-order valence-electron chi connectivity index (χ0n) is 12.0. The molecule has 5 nitrogen and oxygen atoms in total. The Kier molecular flexibility index (Phi) is 6.15. The van der Waals surface area contributed by atoms with Gasteiger partial charge in [-0.15, -0.1) is 0 Å². The lowest BCUT2D eigenvalue weighted by molar-refractivity contribution is -0.142. The van der Waals surface area contributed by atoms with Crippen molar-refractivity contribution in [3.63, 3.8) is 0 Å². The number of hydrogen-bond donors (Lipinski definition) is 1. The molecule has 1 rings (SSSR count). The van der Waals surface area contributed by atoms with E-state index in [0.717, 1.165) is 18.0 Å². The first-order chi connectivity index (χ1) is 9.12. The van der Waals surface area contributed by atoms with Crippen LogP contribution in [-0.2, 0) is 9.53 Å². The van der Waals surface area contributed by atoms with Crippen LogP contribution in [0.15, 0.2) is 24.3 Å². The first kappa shape index (κ1) is 15.3.